The first kappa shape index (κ1) is 18.6. The minimum atomic E-state index is -1.38. The van der Waals surface area contributed by atoms with Crippen molar-refractivity contribution in [1.29, 1.82) is 0 Å². The molecule has 0 amide bonds. The van der Waals surface area contributed by atoms with Gasteiger partial charge >= 0.3 is 5.97 Å². The standard InChI is InChI=1S/C22H28O5/c1-11-8-15-14-5-4-12-9-13(23)6-7-21(12,2)18(14)16(24)10-22(15,3)17(11)19(25)20(26)27/h9,11,14-15,17-18H,4-8,10H2,1-3H3,(H,26,27)/t11-,14+,15+,17-,18-,21+,22+/m1/s1. The Morgan fingerprint density at radius 1 is 1.19 bits per heavy atom. The minimum absolute atomic E-state index is 0.0205. The van der Waals surface area contributed by atoms with E-state index in [2.05, 4.69) is 6.92 Å². The SMILES string of the molecule is C[C@@H]1C[C@H]2[C@@H]3CCC4=CC(=O)CC[C@]4(C)[C@H]3C(=O)C[C@]2(C)[C@H]1C(=O)C(=O)O. The molecule has 3 fully saturated rings. The maximum absolute atomic E-state index is 13.4. The van der Waals surface area contributed by atoms with Crippen LogP contribution in [0.15, 0.2) is 11.6 Å². The topological polar surface area (TPSA) is 88.5 Å². The zero-order chi connectivity index (χ0) is 19.7. The lowest BCUT2D eigenvalue weighted by atomic mass is 9.46. The van der Waals surface area contributed by atoms with E-state index in [0.29, 0.717) is 6.42 Å². The number of carbonyl (C=O) groups is 4. The summed E-state index contributed by atoms with van der Waals surface area (Å²) in [6.07, 6.45) is 5.76. The van der Waals surface area contributed by atoms with Crippen molar-refractivity contribution in [1.82, 2.24) is 0 Å². The summed E-state index contributed by atoms with van der Waals surface area (Å²) < 4.78 is 0. The van der Waals surface area contributed by atoms with E-state index < -0.39 is 23.1 Å². The van der Waals surface area contributed by atoms with E-state index in [1.807, 2.05) is 13.8 Å². The Hall–Kier alpha value is -1.78. The largest absolute Gasteiger partial charge is 0.475 e. The monoisotopic (exact) mass is 372 g/mol. The lowest BCUT2D eigenvalue weighted by Gasteiger charge is -2.56. The van der Waals surface area contributed by atoms with Crippen molar-refractivity contribution in [3.05, 3.63) is 11.6 Å². The summed E-state index contributed by atoms with van der Waals surface area (Å²) in [4.78, 5) is 49.2. The number of carbonyl (C=O) groups excluding carboxylic acids is 3. The van der Waals surface area contributed by atoms with Crippen molar-refractivity contribution in [3.63, 3.8) is 0 Å². The molecule has 4 rings (SSSR count). The average Bonchev–Trinajstić information content (AvgIpc) is 2.84. The van der Waals surface area contributed by atoms with Gasteiger partial charge in [-0.3, -0.25) is 14.4 Å². The van der Waals surface area contributed by atoms with Gasteiger partial charge in [0, 0.05) is 24.7 Å². The minimum Gasteiger partial charge on any atom is -0.475 e. The summed E-state index contributed by atoms with van der Waals surface area (Å²) in [5.74, 6) is -2.11. The van der Waals surface area contributed by atoms with Crippen molar-refractivity contribution in [2.45, 2.75) is 59.3 Å². The molecule has 7 atom stereocenters. The van der Waals surface area contributed by atoms with E-state index in [-0.39, 0.29) is 47.1 Å². The van der Waals surface area contributed by atoms with Crippen LogP contribution in [-0.4, -0.2) is 28.4 Å². The fourth-order valence-corrected chi connectivity index (χ4v) is 7.44. The van der Waals surface area contributed by atoms with Crippen LogP contribution in [0.2, 0.25) is 0 Å². The van der Waals surface area contributed by atoms with E-state index in [1.54, 1.807) is 6.08 Å². The molecule has 0 unspecified atom stereocenters. The lowest BCUT2D eigenvalue weighted by molar-refractivity contribution is -0.158. The zero-order valence-electron chi connectivity index (χ0n) is 16.3. The van der Waals surface area contributed by atoms with Gasteiger partial charge in [-0.05, 0) is 60.3 Å². The second kappa shape index (κ2) is 5.86. The zero-order valence-corrected chi connectivity index (χ0v) is 16.3. The Bertz CT molecular complexity index is 780. The van der Waals surface area contributed by atoms with Gasteiger partial charge in [-0.25, -0.2) is 4.79 Å². The average molecular weight is 372 g/mol. The Balaban J connectivity index is 1.74. The molecule has 0 aromatic rings. The first-order chi connectivity index (χ1) is 12.6. The van der Waals surface area contributed by atoms with Gasteiger partial charge in [-0.15, -0.1) is 0 Å². The number of carboxylic acids is 1. The molecule has 3 saturated carbocycles. The molecule has 0 radical (unpaired) electrons. The molecule has 0 aromatic heterocycles. The van der Waals surface area contributed by atoms with Crippen LogP contribution in [0.3, 0.4) is 0 Å². The molecule has 5 nitrogen and oxygen atoms in total. The molecular weight excluding hydrogens is 344 g/mol. The highest BCUT2D eigenvalue weighted by Crippen LogP contribution is 2.66. The van der Waals surface area contributed by atoms with Gasteiger partial charge in [0.25, 0.3) is 0 Å². The summed E-state index contributed by atoms with van der Waals surface area (Å²) >= 11 is 0. The first-order valence-corrected chi connectivity index (χ1v) is 10.1. The van der Waals surface area contributed by atoms with Gasteiger partial charge in [0.05, 0.1) is 0 Å². The Kier molecular flexibility index (Phi) is 4.03. The number of ketones is 3. The van der Waals surface area contributed by atoms with E-state index in [9.17, 15) is 24.3 Å². The molecule has 1 N–H and O–H groups in total. The molecule has 0 spiro atoms. The van der Waals surface area contributed by atoms with E-state index >= 15 is 0 Å². The fourth-order valence-electron chi connectivity index (χ4n) is 7.44. The quantitative estimate of drug-likeness (QED) is 0.752. The molecular formula is C22H28O5. The smallest absolute Gasteiger partial charge is 0.372 e. The number of hydrogen-bond donors (Lipinski definition) is 1. The Morgan fingerprint density at radius 2 is 1.89 bits per heavy atom. The van der Waals surface area contributed by atoms with Crippen LogP contribution in [0.25, 0.3) is 0 Å². The molecule has 5 heteroatoms. The van der Waals surface area contributed by atoms with Crippen LogP contribution in [0.4, 0.5) is 0 Å². The van der Waals surface area contributed by atoms with Crippen LogP contribution in [-0.2, 0) is 19.2 Å². The Morgan fingerprint density at radius 3 is 2.56 bits per heavy atom. The van der Waals surface area contributed by atoms with Gasteiger partial charge in [0.1, 0.15) is 5.78 Å². The molecule has 0 bridgehead atoms. The third-order valence-electron chi connectivity index (χ3n) is 8.49. The number of Topliss-reactive ketones (excluding diaryl/α,β-unsaturated/α-hetero) is 2. The number of allylic oxidation sites excluding steroid dienone is 1. The molecule has 4 aliphatic rings. The van der Waals surface area contributed by atoms with E-state index in [4.69, 9.17) is 0 Å². The first-order valence-electron chi connectivity index (χ1n) is 10.1. The van der Waals surface area contributed by atoms with Crippen molar-refractivity contribution < 1.29 is 24.3 Å². The van der Waals surface area contributed by atoms with Crippen molar-refractivity contribution in [3.8, 4) is 0 Å². The predicted molar refractivity (Wildman–Crippen MR) is 97.8 cm³/mol. The highest BCUT2D eigenvalue weighted by atomic mass is 16.4. The maximum atomic E-state index is 13.4. The van der Waals surface area contributed by atoms with Gasteiger partial charge in [0.2, 0.25) is 5.78 Å². The van der Waals surface area contributed by atoms with Crippen LogP contribution < -0.4 is 0 Å². The number of aliphatic carboxylic acids is 1. The van der Waals surface area contributed by atoms with Gasteiger partial charge in [-0.2, -0.15) is 0 Å². The molecule has 0 heterocycles. The fraction of sp³-hybridized carbons (Fsp3) is 0.727. The molecule has 0 aliphatic heterocycles. The van der Waals surface area contributed by atoms with Crippen molar-refractivity contribution in [2.24, 2.45) is 40.4 Å². The molecule has 4 aliphatic carbocycles. The predicted octanol–water partition coefficient (Wildman–Crippen LogP) is 3.21. The van der Waals surface area contributed by atoms with Crippen LogP contribution >= 0.6 is 0 Å². The molecule has 0 saturated heterocycles. The van der Waals surface area contributed by atoms with Gasteiger partial charge in [0.15, 0.2) is 5.78 Å². The number of hydrogen-bond acceptors (Lipinski definition) is 4. The summed E-state index contributed by atoms with van der Waals surface area (Å²) in [5.41, 5.74) is 0.309. The normalized spacial score (nSPS) is 46.2. The van der Waals surface area contributed by atoms with Crippen molar-refractivity contribution in [2.75, 3.05) is 0 Å². The third-order valence-corrected chi connectivity index (χ3v) is 8.49. The summed E-state index contributed by atoms with van der Waals surface area (Å²) in [6.45, 7) is 6.07. The van der Waals surface area contributed by atoms with E-state index in [1.165, 1.54) is 0 Å². The van der Waals surface area contributed by atoms with Crippen LogP contribution in [0.1, 0.15) is 59.3 Å². The molecule has 146 valence electrons. The van der Waals surface area contributed by atoms with E-state index in [0.717, 1.165) is 31.3 Å². The number of fused-ring (bicyclic) bond motifs is 5. The Labute approximate surface area is 159 Å². The third kappa shape index (κ3) is 2.43. The van der Waals surface area contributed by atoms with Crippen LogP contribution in [0, 0.1) is 40.4 Å². The number of carboxylic acid groups (broad SMARTS) is 1. The number of rotatable bonds is 2. The second-order valence-electron chi connectivity index (χ2n) is 9.85. The second-order valence-corrected chi connectivity index (χ2v) is 9.85. The highest BCUT2D eigenvalue weighted by Gasteiger charge is 2.65. The van der Waals surface area contributed by atoms with Gasteiger partial charge in [-0.1, -0.05) is 26.3 Å². The lowest BCUT2D eigenvalue weighted by Crippen LogP contribution is -2.55. The summed E-state index contributed by atoms with van der Waals surface area (Å²) in [6, 6.07) is 0. The highest BCUT2D eigenvalue weighted by molar-refractivity contribution is 6.33. The molecule has 27 heavy (non-hydrogen) atoms. The van der Waals surface area contributed by atoms with Crippen LogP contribution in [0.5, 0.6) is 0 Å². The van der Waals surface area contributed by atoms with Gasteiger partial charge < -0.3 is 5.11 Å². The summed E-state index contributed by atoms with van der Waals surface area (Å²) in [5, 5.41) is 9.31. The summed E-state index contributed by atoms with van der Waals surface area (Å²) in [7, 11) is 0. The molecule has 0 aromatic carbocycles. The van der Waals surface area contributed by atoms with Crippen molar-refractivity contribution >= 4 is 23.3 Å². The maximum Gasteiger partial charge on any atom is 0.372 e.